The van der Waals surface area contributed by atoms with Crippen LogP contribution in [-0.2, 0) is 22.4 Å². The van der Waals surface area contributed by atoms with Crippen molar-refractivity contribution in [1.29, 1.82) is 0 Å². The lowest BCUT2D eigenvalue weighted by molar-refractivity contribution is -0.117. The van der Waals surface area contributed by atoms with Gasteiger partial charge in [-0.2, -0.15) is 0 Å². The standard InChI is InChI=1S/C39H46N2O4/c42-38(40-34-24-12-14-26-36(34)44-30-16-22-32-18-6-4-7-19-32)28-10-2-1-3-11-29-39(43)41-35-25-13-15-27-37(35)45-31-17-23-33-20-8-5-9-21-33/h4-9,12-15,18-21,24-27H,1-3,10-11,16-17,22-23,28-31H2,(H,40,42)(H,41,43). The van der Waals surface area contributed by atoms with Crippen molar-refractivity contribution in [1.82, 2.24) is 0 Å². The summed E-state index contributed by atoms with van der Waals surface area (Å²) in [5.41, 5.74) is 4.02. The number of amides is 2. The Morgan fingerprint density at radius 3 is 1.27 bits per heavy atom. The topological polar surface area (TPSA) is 76.7 Å². The third kappa shape index (κ3) is 12.9. The van der Waals surface area contributed by atoms with E-state index in [1.54, 1.807) is 0 Å². The third-order valence-electron chi connectivity index (χ3n) is 7.55. The van der Waals surface area contributed by atoms with E-state index in [0.717, 1.165) is 57.8 Å². The molecule has 236 valence electrons. The summed E-state index contributed by atoms with van der Waals surface area (Å²) >= 11 is 0. The van der Waals surface area contributed by atoms with Crippen LogP contribution in [0.2, 0.25) is 0 Å². The van der Waals surface area contributed by atoms with Crippen molar-refractivity contribution in [2.75, 3.05) is 23.8 Å². The maximum atomic E-state index is 12.6. The number of rotatable bonds is 20. The zero-order valence-corrected chi connectivity index (χ0v) is 26.2. The Bertz CT molecular complexity index is 1320. The summed E-state index contributed by atoms with van der Waals surface area (Å²) in [4.78, 5) is 25.2. The van der Waals surface area contributed by atoms with Gasteiger partial charge in [0, 0.05) is 12.8 Å². The van der Waals surface area contributed by atoms with Gasteiger partial charge < -0.3 is 20.1 Å². The summed E-state index contributed by atoms with van der Waals surface area (Å²) in [6.45, 7) is 1.19. The molecule has 6 nitrogen and oxygen atoms in total. The maximum absolute atomic E-state index is 12.6. The number of carbonyl (C=O) groups is 2. The van der Waals surface area contributed by atoms with Gasteiger partial charge in [0.1, 0.15) is 11.5 Å². The molecule has 0 bridgehead atoms. The minimum absolute atomic E-state index is 0.00402. The summed E-state index contributed by atoms with van der Waals surface area (Å²) < 4.78 is 12.0. The Morgan fingerprint density at radius 2 is 0.822 bits per heavy atom. The third-order valence-corrected chi connectivity index (χ3v) is 7.55. The Hall–Kier alpha value is -4.58. The van der Waals surface area contributed by atoms with E-state index in [-0.39, 0.29) is 11.8 Å². The van der Waals surface area contributed by atoms with Gasteiger partial charge in [-0.25, -0.2) is 0 Å². The second-order valence-electron chi connectivity index (χ2n) is 11.2. The van der Waals surface area contributed by atoms with Crippen LogP contribution in [0.5, 0.6) is 11.5 Å². The lowest BCUT2D eigenvalue weighted by Crippen LogP contribution is -2.13. The number of hydrogen-bond acceptors (Lipinski definition) is 4. The highest BCUT2D eigenvalue weighted by molar-refractivity contribution is 5.92. The smallest absolute Gasteiger partial charge is 0.224 e. The normalized spacial score (nSPS) is 10.7. The van der Waals surface area contributed by atoms with E-state index in [0.29, 0.717) is 48.9 Å². The molecule has 4 rings (SSSR count). The number of nitrogens with one attached hydrogen (secondary N) is 2. The van der Waals surface area contributed by atoms with E-state index in [2.05, 4.69) is 34.9 Å². The van der Waals surface area contributed by atoms with Crippen LogP contribution in [-0.4, -0.2) is 25.0 Å². The summed E-state index contributed by atoms with van der Waals surface area (Å²) in [7, 11) is 0. The molecule has 0 saturated carbocycles. The monoisotopic (exact) mass is 606 g/mol. The molecule has 0 radical (unpaired) electrons. The average molecular weight is 607 g/mol. The zero-order chi connectivity index (χ0) is 31.4. The number of carbonyl (C=O) groups excluding carboxylic acids is 2. The van der Waals surface area contributed by atoms with Crippen molar-refractivity contribution in [2.24, 2.45) is 0 Å². The van der Waals surface area contributed by atoms with E-state index in [1.807, 2.05) is 84.9 Å². The second kappa shape index (κ2) is 19.6. The Labute approximate surface area is 268 Å². The highest BCUT2D eigenvalue weighted by Crippen LogP contribution is 2.26. The fraction of sp³-hybridized carbons (Fsp3) is 0.333. The predicted octanol–water partition coefficient (Wildman–Crippen LogP) is 9.02. The number of para-hydroxylation sites is 4. The van der Waals surface area contributed by atoms with Crippen LogP contribution in [0.3, 0.4) is 0 Å². The maximum Gasteiger partial charge on any atom is 0.224 e. The Morgan fingerprint density at radius 1 is 0.444 bits per heavy atom. The molecule has 2 amide bonds. The minimum atomic E-state index is -0.00402. The van der Waals surface area contributed by atoms with Crippen LogP contribution >= 0.6 is 0 Å². The van der Waals surface area contributed by atoms with Crippen molar-refractivity contribution in [3.05, 3.63) is 120 Å². The summed E-state index contributed by atoms with van der Waals surface area (Å²) in [6.07, 6.45) is 9.17. The number of benzene rings is 4. The molecule has 45 heavy (non-hydrogen) atoms. The molecule has 0 atom stereocenters. The first kappa shape index (κ1) is 33.3. The average Bonchev–Trinajstić information content (AvgIpc) is 3.07. The van der Waals surface area contributed by atoms with Crippen molar-refractivity contribution in [3.63, 3.8) is 0 Å². The second-order valence-corrected chi connectivity index (χ2v) is 11.2. The van der Waals surface area contributed by atoms with E-state index in [1.165, 1.54) is 11.1 Å². The molecule has 0 saturated heterocycles. The first-order valence-electron chi connectivity index (χ1n) is 16.3. The van der Waals surface area contributed by atoms with Crippen molar-refractivity contribution >= 4 is 23.2 Å². The molecule has 0 aliphatic rings. The lowest BCUT2D eigenvalue weighted by Gasteiger charge is -2.13. The molecule has 4 aromatic rings. The van der Waals surface area contributed by atoms with E-state index in [9.17, 15) is 9.59 Å². The Kier molecular flexibility index (Phi) is 14.5. The molecule has 2 N–H and O–H groups in total. The quantitative estimate of drug-likeness (QED) is 0.0985. The van der Waals surface area contributed by atoms with Crippen LogP contribution in [0, 0.1) is 0 Å². The molecule has 0 heterocycles. The van der Waals surface area contributed by atoms with Gasteiger partial charge in [-0.05, 0) is 73.9 Å². The van der Waals surface area contributed by atoms with E-state index >= 15 is 0 Å². The van der Waals surface area contributed by atoms with Crippen LogP contribution in [0.25, 0.3) is 0 Å². The van der Waals surface area contributed by atoms with Gasteiger partial charge >= 0.3 is 0 Å². The van der Waals surface area contributed by atoms with Gasteiger partial charge in [0.25, 0.3) is 0 Å². The lowest BCUT2D eigenvalue weighted by atomic mass is 10.1. The van der Waals surface area contributed by atoms with E-state index in [4.69, 9.17) is 9.47 Å². The molecule has 0 spiro atoms. The fourth-order valence-corrected chi connectivity index (χ4v) is 5.12. The SMILES string of the molecule is O=C(CCCCCCCC(=O)Nc1ccccc1OCCCc1ccccc1)Nc1ccccc1OCCCc1ccccc1. The largest absolute Gasteiger partial charge is 0.491 e. The van der Waals surface area contributed by atoms with Crippen LogP contribution in [0.15, 0.2) is 109 Å². The van der Waals surface area contributed by atoms with Gasteiger partial charge in [0.15, 0.2) is 0 Å². The molecule has 4 aromatic carbocycles. The summed E-state index contributed by atoms with van der Waals surface area (Å²) in [5, 5.41) is 6.02. The van der Waals surface area contributed by atoms with Gasteiger partial charge in [-0.15, -0.1) is 0 Å². The van der Waals surface area contributed by atoms with Crippen molar-refractivity contribution < 1.29 is 19.1 Å². The minimum Gasteiger partial charge on any atom is -0.491 e. The van der Waals surface area contributed by atoms with Gasteiger partial charge in [-0.3, -0.25) is 9.59 Å². The summed E-state index contributed by atoms with van der Waals surface area (Å²) in [5.74, 6) is 1.40. The number of hydrogen-bond donors (Lipinski definition) is 2. The predicted molar refractivity (Wildman–Crippen MR) is 183 cm³/mol. The molecular weight excluding hydrogens is 560 g/mol. The van der Waals surface area contributed by atoms with Crippen molar-refractivity contribution in [2.45, 2.75) is 70.6 Å². The molecule has 6 heteroatoms. The fourth-order valence-electron chi connectivity index (χ4n) is 5.12. The van der Waals surface area contributed by atoms with Gasteiger partial charge in [0.05, 0.1) is 24.6 Å². The highest BCUT2D eigenvalue weighted by atomic mass is 16.5. The zero-order valence-electron chi connectivity index (χ0n) is 26.2. The number of anilines is 2. The first-order chi connectivity index (χ1) is 22.2. The summed E-state index contributed by atoms with van der Waals surface area (Å²) in [6, 6.07) is 35.9. The number of unbranched alkanes of at least 4 members (excludes halogenated alkanes) is 4. The molecule has 0 unspecified atom stereocenters. The van der Waals surface area contributed by atoms with E-state index < -0.39 is 0 Å². The van der Waals surface area contributed by atoms with Gasteiger partial charge in [0.2, 0.25) is 11.8 Å². The van der Waals surface area contributed by atoms with Crippen LogP contribution < -0.4 is 20.1 Å². The molecular formula is C39H46N2O4. The van der Waals surface area contributed by atoms with Crippen LogP contribution in [0.1, 0.15) is 68.9 Å². The molecule has 0 aliphatic heterocycles. The van der Waals surface area contributed by atoms with Crippen molar-refractivity contribution in [3.8, 4) is 11.5 Å². The number of ether oxygens (including phenoxy) is 2. The van der Waals surface area contributed by atoms with Crippen LogP contribution in [0.4, 0.5) is 11.4 Å². The molecule has 0 aromatic heterocycles. The van der Waals surface area contributed by atoms with Gasteiger partial charge in [-0.1, -0.05) is 104 Å². The Balaban J connectivity index is 1.05. The molecule has 0 aliphatic carbocycles. The highest BCUT2D eigenvalue weighted by Gasteiger charge is 2.10. The first-order valence-corrected chi connectivity index (χ1v) is 16.3. The molecule has 0 fully saturated rings. The number of aryl methyl sites for hydroxylation is 2.